The second-order valence-corrected chi connectivity index (χ2v) is 11.8. The molecule has 212 valence electrons. The molecule has 0 atom stereocenters. The van der Waals surface area contributed by atoms with Crippen molar-refractivity contribution in [2.45, 2.75) is 19.4 Å². The number of ether oxygens (including phenoxy) is 1. The normalized spacial score (nSPS) is 14.3. The molecule has 7 nitrogen and oxygen atoms in total. The number of hydrogen-bond donors (Lipinski definition) is 0. The SMILES string of the molecule is COc1ccccc1N1CCN(CCn2c(CCc3cccc4ccccc34)nc3sc4cnccc4c3c2=O)CC1. The maximum absolute atomic E-state index is 14.1. The van der Waals surface area contributed by atoms with E-state index in [-0.39, 0.29) is 5.56 Å². The van der Waals surface area contributed by atoms with Gasteiger partial charge in [0.2, 0.25) is 0 Å². The van der Waals surface area contributed by atoms with Crippen molar-refractivity contribution in [3.8, 4) is 5.75 Å². The molecule has 7 rings (SSSR count). The summed E-state index contributed by atoms with van der Waals surface area (Å²) in [5, 5.41) is 4.16. The van der Waals surface area contributed by atoms with Gasteiger partial charge < -0.3 is 9.64 Å². The number of aromatic nitrogens is 3. The molecular formula is C34H33N5O2S. The molecule has 1 aliphatic heterocycles. The third-order valence-corrected chi connectivity index (χ3v) is 9.45. The molecule has 0 spiro atoms. The highest BCUT2D eigenvalue weighted by Gasteiger charge is 2.21. The van der Waals surface area contributed by atoms with Crippen LogP contribution in [-0.2, 0) is 19.4 Å². The Labute approximate surface area is 248 Å². The molecule has 0 saturated carbocycles. The zero-order chi connectivity index (χ0) is 28.5. The molecule has 1 aliphatic rings. The highest BCUT2D eigenvalue weighted by molar-refractivity contribution is 7.25. The number of piperazine rings is 1. The first-order valence-corrected chi connectivity index (χ1v) is 15.3. The van der Waals surface area contributed by atoms with Gasteiger partial charge in [-0.3, -0.25) is 19.2 Å². The van der Waals surface area contributed by atoms with Gasteiger partial charge in [0, 0.05) is 63.5 Å². The number of para-hydroxylation sites is 2. The molecule has 6 aromatic rings. The molecule has 8 heteroatoms. The first-order chi connectivity index (χ1) is 20.7. The zero-order valence-corrected chi connectivity index (χ0v) is 24.5. The fraction of sp³-hybridized carbons (Fsp3) is 0.265. The minimum Gasteiger partial charge on any atom is -0.495 e. The Balaban J connectivity index is 1.15. The standard InChI is InChI=1S/C34H33N5O2S/c1-41-29-12-5-4-11-28(29)38-20-17-37(18-21-38)19-22-39-31(14-13-25-9-6-8-24-7-2-3-10-26(24)25)36-33-32(34(39)40)27-15-16-35-23-30(27)42-33/h2-12,15-16,23H,13-14,17-22H2,1H3. The van der Waals surface area contributed by atoms with Crippen LogP contribution in [0.5, 0.6) is 5.75 Å². The third kappa shape index (κ3) is 5.01. The highest BCUT2D eigenvalue weighted by atomic mass is 32.1. The summed E-state index contributed by atoms with van der Waals surface area (Å²) < 4.78 is 8.53. The smallest absolute Gasteiger partial charge is 0.262 e. The number of thiophene rings is 1. The van der Waals surface area contributed by atoms with Gasteiger partial charge in [0.15, 0.2) is 0 Å². The first kappa shape index (κ1) is 26.6. The van der Waals surface area contributed by atoms with Crippen LogP contribution >= 0.6 is 11.3 Å². The lowest BCUT2D eigenvalue weighted by atomic mass is 10.0. The summed E-state index contributed by atoms with van der Waals surface area (Å²) in [6.45, 7) is 5.12. The summed E-state index contributed by atoms with van der Waals surface area (Å²) in [6, 6.07) is 25.1. The van der Waals surface area contributed by atoms with E-state index in [4.69, 9.17) is 9.72 Å². The zero-order valence-electron chi connectivity index (χ0n) is 23.7. The van der Waals surface area contributed by atoms with E-state index in [9.17, 15) is 4.79 Å². The van der Waals surface area contributed by atoms with Crippen LogP contribution in [0.15, 0.2) is 90.0 Å². The van der Waals surface area contributed by atoms with Gasteiger partial charge >= 0.3 is 0 Å². The van der Waals surface area contributed by atoms with Crippen LogP contribution in [0.4, 0.5) is 5.69 Å². The van der Waals surface area contributed by atoms with Crippen molar-refractivity contribution in [2.75, 3.05) is 44.7 Å². The first-order valence-electron chi connectivity index (χ1n) is 14.5. The summed E-state index contributed by atoms with van der Waals surface area (Å²) in [5.41, 5.74) is 2.47. The number of rotatable bonds is 8. The summed E-state index contributed by atoms with van der Waals surface area (Å²) in [4.78, 5) is 29.1. The molecule has 0 aliphatic carbocycles. The topological polar surface area (TPSA) is 63.5 Å². The number of aryl methyl sites for hydroxylation is 2. The maximum atomic E-state index is 14.1. The number of benzene rings is 3. The fourth-order valence-electron chi connectivity index (χ4n) is 6.18. The highest BCUT2D eigenvalue weighted by Crippen LogP contribution is 2.31. The summed E-state index contributed by atoms with van der Waals surface area (Å²) in [6.07, 6.45) is 5.12. The second kappa shape index (κ2) is 11.5. The Bertz CT molecular complexity index is 1940. The van der Waals surface area contributed by atoms with E-state index in [0.29, 0.717) is 18.4 Å². The molecule has 0 radical (unpaired) electrons. The van der Waals surface area contributed by atoms with Crippen LogP contribution in [0.1, 0.15) is 11.4 Å². The van der Waals surface area contributed by atoms with Crippen molar-refractivity contribution >= 4 is 48.1 Å². The molecule has 42 heavy (non-hydrogen) atoms. The monoisotopic (exact) mass is 575 g/mol. The maximum Gasteiger partial charge on any atom is 0.262 e. The average molecular weight is 576 g/mol. The van der Waals surface area contributed by atoms with Crippen molar-refractivity contribution in [3.63, 3.8) is 0 Å². The lowest BCUT2D eigenvalue weighted by Crippen LogP contribution is -2.47. The fourth-order valence-corrected chi connectivity index (χ4v) is 7.23. The molecule has 0 N–H and O–H groups in total. The number of methoxy groups -OCH3 is 1. The van der Waals surface area contributed by atoms with E-state index in [1.165, 1.54) is 16.3 Å². The molecule has 3 aromatic carbocycles. The van der Waals surface area contributed by atoms with E-state index >= 15 is 0 Å². The van der Waals surface area contributed by atoms with Crippen LogP contribution in [0, 0.1) is 0 Å². The molecule has 0 bridgehead atoms. The van der Waals surface area contributed by atoms with Gasteiger partial charge in [-0.15, -0.1) is 11.3 Å². The van der Waals surface area contributed by atoms with Gasteiger partial charge in [-0.25, -0.2) is 4.98 Å². The second-order valence-electron chi connectivity index (χ2n) is 10.8. The molecule has 0 amide bonds. The Morgan fingerprint density at radius 1 is 0.857 bits per heavy atom. The Morgan fingerprint density at radius 2 is 1.67 bits per heavy atom. The minimum atomic E-state index is 0.0537. The van der Waals surface area contributed by atoms with Crippen LogP contribution in [0.25, 0.3) is 31.1 Å². The van der Waals surface area contributed by atoms with Gasteiger partial charge in [-0.05, 0) is 41.0 Å². The lowest BCUT2D eigenvalue weighted by molar-refractivity contribution is 0.245. The largest absolute Gasteiger partial charge is 0.495 e. The summed E-state index contributed by atoms with van der Waals surface area (Å²) in [7, 11) is 1.72. The molecule has 0 unspecified atom stereocenters. The van der Waals surface area contributed by atoms with E-state index < -0.39 is 0 Å². The van der Waals surface area contributed by atoms with Gasteiger partial charge in [0.25, 0.3) is 5.56 Å². The van der Waals surface area contributed by atoms with Gasteiger partial charge in [-0.2, -0.15) is 0 Å². The van der Waals surface area contributed by atoms with E-state index in [0.717, 1.165) is 71.3 Å². The predicted octanol–water partition coefficient (Wildman–Crippen LogP) is 5.78. The number of hydrogen-bond acceptors (Lipinski definition) is 7. The quantitative estimate of drug-likeness (QED) is 0.230. The number of anilines is 1. The van der Waals surface area contributed by atoms with Crippen LogP contribution < -0.4 is 15.2 Å². The van der Waals surface area contributed by atoms with Crippen molar-refractivity contribution in [1.29, 1.82) is 0 Å². The minimum absolute atomic E-state index is 0.0537. The van der Waals surface area contributed by atoms with Crippen LogP contribution in [-0.4, -0.2) is 59.3 Å². The van der Waals surface area contributed by atoms with E-state index in [1.807, 2.05) is 29.0 Å². The number of fused-ring (bicyclic) bond motifs is 4. The van der Waals surface area contributed by atoms with Crippen molar-refractivity contribution in [1.82, 2.24) is 19.4 Å². The molecule has 1 saturated heterocycles. The Kier molecular flexibility index (Phi) is 7.32. The van der Waals surface area contributed by atoms with E-state index in [1.54, 1.807) is 24.6 Å². The van der Waals surface area contributed by atoms with Gasteiger partial charge in [0.05, 0.1) is 22.9 Å². The van der Waals surface area contributed by atoms with Crippen molar-refractivity contribution in [2.24, 2.45) is 0 Å². The van der Waals surface area contributed by atoms with Crippen LogP contribution in [0.3, 0.4) is 0 Å². The summed E-state index contributed by atoms with van der Waals surface area (Å²) >= 11 is 1.56. The summed E-state index contributed by atoms with van der Waals surface area (Å²) in [5.74, 6) is 1.76. The third-order valence-electron chi connectivity index (χ3n) is 8.41. The molecule has 4 heterocycles. The van der Waals surface area contributed by atoms with Gasteiger partial charge in [-0.1, -0.05) is 54.6 Å². The Hall–Kier alpha value is -4.27. The van der Waals surface area contributed by atoms with Crippen LogP contribution in [0.2, 0.25) is 0 Å². The molecule has 3 aromatic heterocycles. The lowest BCUT2D eigenvalue weighted by Gasteiger charge is -2.36. The number of pyridine rings is 1. The predicted molar refractivity (Wildman–Crippen MR) is 172 cm³/mol. The van der Waals surface area contributed by atoms with Crippen molar-refractivity contribution < 1.29 is 4.74 Å². The van der Waals surface area contributed by atoms with Crippen molar-refractivity contribution in [3.05, 3.63) is 107 Å². The molecule has 1 fully saturated rings. The van der Waals surface area contributed by atoms with E-state index in [2.05, 4.69) is 69.4 Å². The average Bonchev–Trinajstić information content (AvgIpc) is 3.42. The molecular weight excluding hydrogens is 542 g/mol. The van der Waals surface area contributed by atoms with Gasteiger partial charge in [0.1, 0.15) is 16.4 Å². The number of nitrogens with zero attached hydrogens (tertiary/aromatic N) is 5. The Morgan fingerprint density at radius 3 is 2.55 bits per heavy atom.